The molecule has 1 fully saturated rings. The zero-order valence-electron chi connectivity index (χ0n) is 9.90. The topological polar surface area (TPSA) is 55.6 Å². The van der Waals surface area contributed by atoms with E-state index in [1.807, 2.05) is 0 Å². The highest BCUT2D eigenvalue weighted by atomic mass is 16.5. The molecule has 2 N–H and O–H groups in total. The number of carbonyl (C=O) groups is 1. The lowest BCUT2D eigenvalue weighted by molar-refractivity contribution is -0.146. The molecule has 1 heterocycles. The van der Waals surface area contributed by atoms with Gasteiger partial charge in [0, 0.05) is 19.1 Å². The standard InChI is InChI=1S/C11H22N2O2/c1-8-6-13(9(2)4-5-12)7-10(8)11(14)15-3/h8-10H,4-7,12H2,1-3H3. The SMILES string of the molecule is COC(=O)C1CN(C(C)CCN)CC1C. The Morgan fingerprint density at radius 1 is 1.60 bits per heavy atom. The summed E-state index contributed by atoms with van der Waals surface area (Å²) in [4.78, 5) is 13.8. The second-order valence-electron chi connectivity index (χ2n) is 4.49. The first-order valence-electron chi connectivity index (χ1n) is 5.62. The van der Waals surface area contributed by atoms with Crippen LogP contribution in [0.5, 0.6) is 0 Å². The van der Waals surface area contributed by atoms with E-state index in [9.17, 15) is 4.79 Å². The highest BCUT2D eigenvalue weighted by molar-refractivity contribution is 5.73. The normalized spacial score (nSPS) is 29.1. The summed E-state index contributed by atoms with van der Waals surface area (Å²) in [6.45, 7) is 6.76. The van der Waals surface area contributed by atoms with Gasteiger partial charge in [0.05, 0.1) is 13.0 Å². The van der Waals surface area contributed by atoms with Crippen LogP contribution in [0, 0.1) is 11.8 Å². The van der Waals surface area contributed by atoms with Gasteiger partial charge in [-0.25, -0.2) is 0 Å². The van der Waals surface area contributed by atoms with Crippen LogP contribution in [-0.2, 0) is 9.53 Å². The molecule has 0 bridgehead atoms. The third-order valence-electron chi connectivity index (χ3n) is 3.35. The second-order valence-corrected chi connectivity index (χ2v) is 4.49. The Balaban J connectivity index is 2.51. The number of esters is 1. The van der Waals surface area contributed by atoms with Crippen LogP contribution in [0.2, 0.25) is 0 Å². The quantitative estimate of drug-likeness (QED) is 0.691. The highest BCUT2D eigenvalue weighted by Crippen LogP contribution is 2.26. The Hall–Kier alpha value is -0.610. The summed E-state index contributed by atoms with van der Waals surface area (Å²) in [6.07, 6.45) is 0.987. The first-order chi connectivity index (χ1) is 7.10. The monoisotopic (exact) mass is 214 g/mol. The van der Waals surface area contributed by atoms with Crippen molar-refractivity contribution >= 4 is 5.97 Å². The van der Waals surface area contributed by atoms with Gasteiger partial charge in [0.1, 0.15) is 0 Å². The molecule has 15 heavy (non-hydrogen) atoms. The molecule has 88 valence electrons. The van der Waals surface area contributed by atoms with Gasteiger partial charge < -0.3 is 10.5 Å². The van der Waals surface area contributed by atoms with Gasteiger partial charge in [-0.05, 0) is 25.8 Å². The lowest BCUT2D eigenvalue weighted by Gasteiger charge is -2.23. The maximum atomic E-state index is 11.5. The molecule has 1 aliphatic rings. The van der Waals surface area contributed by atoms with E-state index in [-0.39, 0.29) is 11.9 Å². The van der Waals surface area contributed by atoms with Crippen LogP contribution in [0.25, 0.3) is 0 Å². The summed E-state index contributed by atoms with van der Waals surface area (Å²) in [5.41, 5.74) is 5.53. The predicted octanol–water partition coefficient (Wildman–Crippen LogP) is 0.465. The molecule has 4 nitrogen and oxygen atoms in total. The largest absolute Gasteiger partial charge is 0.469 e. The van der Waals surface area contributed by atoms with Crippen LogP contribution >= 0.6 is 0 Å². The summed E-state index contributed by atoms with van der Waals surface area (Å²) >= 11 is 0. The summed E-state index contributed by atoms with van der Waals surface area (Å²) in [5, 5.41) is 0. The third kappa shape index (κ3) is 2.92. The second kappa shape index (κ2) is 5.47. The first kappa shape index (κ1) is 12.5. The van der Waals surface area contributed by atoms with Crippen molar-refractivity contribution in [2.24, 2.45) is 17.6 Å². The van der Waals surface area contributed by atoms with E-state index in [1.54, 1.807) is 0 Å². The minimum absolute atomic E-state index is 0.0372. The molecule has 4 heteroatoms. The number of methoxy groups -OCH3 is 1. The highest BCUT2D eigenvalue weighted by Gasteiger charge is 2.36. The van der Waals surface area contributed by atoms with Gasteiger partial charge >= 0.3 is 5.97 Å². The maximum absolute atomic E-state index is 11.5. The molecule has 0 aromatic rings. The Morgan fingerprint density at radius 3 is 2.80 bits per heavy atom. The lowest BCUT2D eigenvalue weighted by Crippen LogP contribution is -2.33. The van der Waals surface area contributed by atoms with Gasteiger partial charge in [0.15, 0.2) is 0 Å². The van der Waals surface area contributed by atoms with Crippen LogP contribution in [-0.4, -0.2) is 43.7 Å². The molecular formula is C11H22N2O2. The summed E-state index contributed by atoms with van der Waals surface area (Å²) in [5.74, 6) is 0.345. The molecule has 1 rings (SSSR count). The zero-order valence-corrected chi connectivity index (χ0v) is 9.90. The van der Waals surface area contributed by atoms with Crippen molar-refractivity contribution in [1.82, 2.24) is 4.90 Å². The fourth-order valence-corrected chi connectivity index (χ4v) is 2.25. The van der Waals surface area contributed by atoms with Crippen molar-refractivity contribution in [3.63, 3.8) is 0 Å². The van der Waals surface area contributed by atoms with E-state index in [4.69, 9.17) is 10.5 Å². The first-order valence-corrected chi connectivity index (χ1v) is 5.62. The summed E-state index contributed by atoms with van der Waals surface area (Å²) in [6, 6.07) is 0.465. The van der Waals surface area contributed by atoms with Crippen LogP contribution in [0.3, 0.4) is 0 Å². The number of nitrogens with zero attached hydrogens (tertiary/aromatic N) is 1. The minimum atomic E-state index is -0.0788. The third-order valence-corrected chi connectivity index (χ3v) is 3.35. The molecule has 0 saturated carbocycles. The van der Waals surface area contributed by atoms with Gasteiger partial charge in [-0.1, -0.05) is 6.92 Å². The molecule has 0 amide bonds. The van der Waals surface area contributed by atoms with Crippen molar-refractivity contribution < 1.29 is 9.53 Å². The van der Waals surface area contributed by atoms with Crippen LogP contribution < -0.4 is 5.73 Å². The number of carbonyl (C=O) groups excluding carboxylic acids is 1. The van der Waals surface area contributed by atoms with Crippen molar-refractivity contribution in [3.8, 4) is 0 Å². The number of hydrogen-bond donors (Lipinski definition) is 1. The molecule has 0 aromatic carbocycles. The lowest BCUT2D eigenvalue weighted by atomic mass is 9.99. The molecular weight excluding hydrogens is 192 g/mol. The van der Waals surface area contributed by atoms with Crippen LogP contribution in [0.15, 0.2) is 0 Å². The van der Waals surface area contributed by atoms with Crippen molar-refractivity contribution in [2.75, 3.05) is 26.7 Å². The number of nitrogens with two attached hydrogens (primary N) is 1. The molecule has 1 saturated heterocycles. The molecule has 3 unspecified atom stereocenters. The van der Waals surface area contributed by atoms with Gasteiger partial charge in [0.2, 0.25) is 0 Å². The van der Waals surface area contributed by atoms with E-state index in [1.165, 1.54) is 7.11 Å². The fraction of sp³-hybridized carbons (Fsp3) is 0.909. The molecule has 0 aliphatic carbocycles. The Labute approximate surface area is 91.8 Å². The summed E-state index contributed by atoms with van der Waals surface area (Å²) in [7, 11) is 1.46. The molecule has 1 aliphatic heterocycles. The average molecular weight is 214 g/mol. The van der Waals surface area contributed by atoms with Crippen LogP contribution in [0.1, 0.15) is 20.3 Å². The maximum Gasteiger partial charge on any atom is 0.310 e. The molecule has 3 atom stereocenters. The zero-order chi connectivity index (χ0) is 11.4. The Morgan fingerprint density at radius 2 is 2.27 bits per heavy atom. The van der Waals surface area contributed by atoms with Gasteiger partial charge in [-0.3, -0.25) is 9.69 Å². The predicted molar refractivity (Wildman–Crippen MR) is 59.4 cm³/mol. The summed E-state index contributed by atoms with van der Waals surface area (Å²) < 4.78 is 4.80. The number of ether oxygens (including phenoxy) is 1. The van der Waals surface area contributed by atoms with Gasteiger partial charge in [-0.15, -0.1) is 0 Å². The fourth-order valence-electron chi connectivity index (χ4n) is 2.25. The molecule has 0 radical (unpaired) electrons. The van der Waals surface area contributed by atoms with Gasteiger partial charge in [-0.2, -0.15) is 0 Å². The van der Waals surface area contributed by atoms with E-state index in [2.05, 4.69) is 18.7 Å². The Bertz CT molecular complexity index is 221. The average Bonchev–Trinajstić information content (AvgIpc) is 2.60. The number of hydrogen-bond acceptors (Lipinski definition) is 4. The van der Waals surface area contributed by atoms with Crippen molar-refractivity contribution in [1.29, 1.82) is 0 Å². The minimum Gasteiger partial charge on any atom is -0.469 e. The molecule has 0 aromatic heterocycles. The van der Waals surface area contributed by atoms with E-state index >= 15 is 0 Å². The van der Waals surface area contributed by atoms with E-state index in [0.29, 0.717) is 18.5 Å². The van der Waals surface area contributed by atoms with Crippen molar-refractivity contribution in [3.05, 3.63) is 0 Å². The van der Waals surface area contributed by atoms with Crippen molar-refractivity contribution in [2.45, 2.75) is 26.3 Å². The van der Waals surface area contributed by atoms with E-state index in [0.717, 1.165) is 19.5 Å². The Kier molecular flexibility index (Phi) is 4.54. The van der Waals surface area contributed by atoms with Crippen LogP contribution in [0.4, 0.5) is 0 Å². The number of rotatable bonds is 4. The van der Waals surface area contributed by atoms with Gasteiger partial charge in [0.25, 0.3) is 0 Å². The number of likely N-dealkylation sites (tertiary alicyclic amines) is 1. The van der Waals surface area contributed by atoms with E-state index < -0.39 is 0 Å². The molecule has 0 spiro atoms. The smallest absolute Gasteiger partial charge is 0.310 e.